The van der Waals surface area contributed by atoms with Crippen molar-refractivity contribution in [1.29, 1.82) is 0 Å². The number of hydrogen-bond acceptors (Lipinski definition) is 3. The van der Waals surface area contributed by atoms with Gasteiger partial charge in [-0.15, -0.1) is 0 Å². The number of amides is 2. The Morgan fingerprint density at radius 2 is 1.89 bits per heavy atom. The molecular formula is C19H25FN5O2+. The molecule has 1 fully saturated rings. The lowest BCUT2D eigenvalue weighted by molar-refractivity contribution is -0.862. The van der Waals surface area contributed by atoms with Crippen LogP contribution in [0.5, 0.6) is 0 Å². The van der Waals surface area contributed by atoms with Crippen LogP contribution in [-0.2, 0) is 9.59 Å². The van der Waals surface area contributed by atoms with Gasteiger partial charge in [0.1, 0.15) is 11.6 Å². The van der Waals surface area contributed by atoms with Crippen LogP contribution in [0, 0.1) is 5.82 Å². The maximum Gasteiger partial charge on any atom is 0.280 e. The number of carbonyl (C=O) groups is 2. The van der Waals surface area contributed by atoms with Crippen LogP contribution in [0.25, 0.3) is 0 Å². The van der Waals surface area contributed by atoms with E-state index in [1.165, 1.54) is 31.0 Å². The molecule has 1 aromatic heterocycles. The molecule has 7 nitrogen and oxygen atoms in total. The van der Waals surface area contributed by atoms with E-state index in [1.807, 2.05) is 4.68 Å². The smallest absolute Gasteiger partial charge is 0.280 e. The first-order valence-electron chi connectivity index (χ1n) is 9.21. The number of hydrogen-bond donors (Lipinski definition) is 3. The van der Waals surface area contributed by atoms with Gasteiger partial charge in [0.25, 0.3) is 11.8 Å². The van der Waals surface area contributed by atoms with Crippen LogP contribution < -0.4 is 15.5 Å². The van der Waals surface area contributed by atoms with E-state index in [1.54, 1.807) is 25.4 Å². The number of aromatic nitrogens is 2. The molecule has 3 rings (SSSR count). The third-order valence-corrected chi connectivity index (χ3v) is 4.64. The number of anilines is 2. The zero-order valence-corrected chi connectivity index (χ0v) is 15.4. The number of nitrogens with one attached hydrogen (secondary N) is 3. The monoisotopic (exact) mass is 374 g/mol. The van der Waals surface area contributed by atoms with Gasteiger partial charge in [-0.1, -0.05) is 18.9 Å². The number of likely N-dealkylation sites (N-methyl/N-ethyl adjacent to an activating group) is 1. The summed E-state index contributed by atoms with van der Waals surface area (Å²) in [4.78, 5) is 25.1. The van der Waals surface area contributed by atoms with Gasteiger partial charge in [0.15, 0.2) is 13.1 Å². The van der Waals surface area contributed by atoms with E-state index in [-0.39, 0.29) is 24.9 Å². The van der Waals surface area contributed by atoms with Crippen LogP contribution in [0.2, 0.25) is 0 Å². The standard InChI is InChI=1S/C19H24FN5O2/c1-24(12-18(26)22-15-6-4-5-14(20)11-15)13-19(27)23-17-9-10-21-25(17)16-7-2-3-8-16/h4-6,9-11,16H,2-3,7-8,12-13H2,1H3,(H,22,26)(H,23,27)/p+1. The number of halogens is 1. The predicted octanol–water partition coefficient (Wildman–Crippen LogP) is 1.23. The Labute approximate surface area is 157 Å². The summed E-state index contributed by atoms with van der Waals surface area (Å²) in [5.41, 5.74) is 0.401. The zero-order chi connectivity index (χ0) is 19.2. The quantitative estimate of drug-likeness (QED) is 0.682. The van der Waals surface area contributed by atoms with Gasteiger partial charge in [-0.3, -0.25) is 9.59 Å². The molecular weight excluding hydrogens is 349 g/mol. The third-order valence-electron chi connectivity index (χ3n) is 4.64. The van der Waals surface area contributed by atoms with E-state index in [0.29, 0.717) is 17.5 Å². The molecule has 0 bridgehead atoms. The second-order valence-electron chi connectivity index (χ2n) is 7.02. The average Bonchev–Trinajstić information content (AvgIpc) is 3.25. The lowest BCUT2D eigenvalue weighted by atomic mass is 10.2. The predicted molar refractivity (Wildman–Crippen MR) is 100 cm³/mol. The van der Waals surface area contributed by atoms with E-state index in [4.69, 9.17) is 0 Å². The van der Waals surface area contributed by atoms with Crippen LogP contribution in [0.3, 0.4) is 0 Å². The molecule has 1 heterocycles. The number of rotatable bonds is 7. The highest BCUT2D eigenvalue weighted by Crippen LogP contribution is 2.31. The highest BCUT2D eigenvalue weighted by atomic mass is 19.1. The SMILES string of the molecule is C[NH+](CC(=O)Nc1cccc(F)c1)CC(=O)Nc1ccnn1C1CCCC1. The second kappa shape index (κ2) is 8.77. The average molecular weight is 374 g/mol. The minimum Gasteiger partial charge on any atom is -0.322 e. The molecule has 0 spiro atoms. The van der Waals surface area contributed by atoms with Crippen molar-refractivity contribution in [2.45, 2.75) is 31.7 Å². The molecule has 2 amide bonds. The summed E-state index contributed by atoms with van der Waals surface area (Å²) in [5, 5.41) is 9.85. The first-order valence-corrected chi connectivity index (χ1v) is 9.21. The normalized spacial score (nSPS) is 15.5. The number of carbonyl (C=O) groups excluding carboxylic acids is 2. The van der Waals surface area contributed by atoms with Crippen molar-refractivity contribution < 1.29 is 18.9 Å². The van der Waals surface area contributed by atoms with Crippen molar-refractivity contribution in [3.05, 3.63) is 42.3 Å². The Kier molecular flexibility index (Phi) is 6.18. The largest absolute Gasteiger partial charge is 0.322 e. The van der Waals surface area contributed by atoms with Gasteiger partial charge in [-0.2, -0.15) is 5.10 Å². The minimum atomic E-state index is -0.410. The van der Waals surface area contributed by atoms with E-state index >= 15 is 0 Å². The van der Waals surface area contributed by atoms with E-state index in [0.717, 1.165) is 17.7 Å². The van der Waals surface area contributed by atoms with Crippen LogP contribution in [-0.4, -0.2) is 41.7 Å². The number of benzene rings is 1. The molecule has 3 N–H and O–H groups in total. The Morgan fingerprint density at radius 3 is 2.59 bits per heavy atom. The molecule has 27 heavy (non-hydrogen) atoms. The number of nitrogens with zero attached hydrogens (tertiary/aromatic N) is 2. The highest BCUT2D eigenvalue weighted by molar-refractivity contribution is 5.92. The van der Waals surface area contributed by atoms with Crippen molar-refractivity contribution in [3.8, 4) is 0 Å². The van der Waals surface area contributed by atoms with E-state index < -0.39 is 5.82 Å². The first-order chi connectivity index (χ1) is 13.0. The van der Waals surface area contributed by atoms with E-state index in [9.17, 15) is 14.0 Å². The molecule has 0 radical (unpaired) electrons. The highest BCUT2D eigenvalue weighted by Gasteiger charge is 2.21. The molecule has 1 atom stereocenters. The second-order valence-corrected chi connectivity index (χ2v) is 7.02. The van der Waals surface area contributed by atoms with Gasteiger partial charge in [-0.05, 0) is 31.0 Å². The number of quaternary nitrogens is 1. The molecule has 1 unspecified atom stereocenters. The molecule has 2 aromatic rings. The molecule has 1 aromatic carbocycles. The lowest BCUT2D eigenvalue weighted by Crippen LogP contribution is -3.11. The molecule has 1 saturated carbocycles. The minimum absolute atomic E-state index is 0.103. The Bertz CT molecular complexity index is 801. The third kappa shape index (κ3) is 5.37. The van der Waals surface area contributed by atoms with Gasteiger partial charge < -0.3 is 15.5 Å². The molecule has 0 aliphatic heterocycles. The zero-order valence-electron chi connectivity index (χ0n) is 15.4. The Hall–Kier alpha value is -2.74. The first kappa shape index (κ1) is 19.0. The fourth-order valence-corrected chi connectivity index (χ4v) is 3.42. The summed E-state index contributed by atoms with van der Waals surface area (Å²) in [6.07, 6.45) is 6.22. The van der Waals surface area contributed by atoms with Gasteiger partial charge >= 0.3 is 0 Å². The Morgan fingerprint density at radius 1 is 1.19 bits per heavy atom. The van der Waals surface area contributed by atoms with Crippen LogP contribution in [0.15, 0.2) is 36.5 Å². The fraction of sp³-hybridized carbons (Fsp3) is 0.421. The summed E-state index contributed by atoms with van der Waals surface area (Å²) in [7, 11) is 1.76. The summed E-state index contributed by atoms with van der Waals surface area (Å²) in [6.45, 7) is 0.248. The molecule has 1 aliphatic carbocycles. The van der Waals surface area contributed by atoms with Crippen molar-refractivity contribution in [1.82, 2.24) is 9.78 Å². The fourth-order valence-electron chi connectivity index (χ4n) is 3.42. The van der Waals surface area contributed by atoms with Gasteiger partial charge in [-0.25, -0.2) is 9.07 Å². The maximum atomic E-state index is 13.2. The summed E-state index contributed by atoms with van der Waals surface area (Å²) in [6, 6.07) is 7.85. The molecule has 0 saturated heterocycles. The summed E-state index contributed by atoms with van der Waals surface area (Å²) in [5.74, 6) is -0.164. The van der Waals surface area contributed by atoms with Crippen LogP contribution >= 0.6 is 0 Å². The molecule has 144 valence electrons. The van der Waals surface area contributed by atoms with Gasteiger partial charge in [0, 0.05) is 11.8 Å². The Balaban J connectivity index is 1.48. The van der Waals surface area contributed by atoms with Crippen molar-refractivity contribution >= 4 is 23.3 Å². The van der Waals surface area contributed by atoms with Gasteiger partial charge in [0.05, 0.1) is 19.3 Å². The van der Waals surface area contributed by atoms with Crippen molar-refractivity contribution in [3.63, 3.8) is 0 Å². The van der Waals surface area contributed by atoms with Crippen LogP contribution in [0.4, 0.5) is 15.9 Å². The lowest BCUT2D eigenvalue weighted by Gasteiger charge is -2.16. The molecule has 8 heteroatoms. The van der Waals surface area contributed by atoms with Crippen molar-refractivity contribution in [2.75, 3.05) is 30.8 Å². The van der Waals surface area contributed by atoms with Crippen molar-refractivity contribution in [2.24, 2.45) is 0 Å². The van der Waals surface area contributed by atoms with E-state index in [2.05, 4.69) is 15.7 Å². The van der Waals surface area contributed by atoms with Gasteiger partial charge in [0.2, 0.25) is 0 Å². The summed E-state index contributed by atoms with van der Waals surface area (Å²) < 4.78 is 15.0. The summed E-state index contributed by atoms with van der Waals surface area (Å²) >= 11 is 0. The maximum absolute atomic E-state index is 13.2. The topological polar surface area (TPSA) is 80.5 Å². The van der Waals surface area contributed by atoms with Crippen LogP contribution in [0.1, 0.15) is 31.7 Å². The molecule has 1 aliphatic rings.